The number of amides is 2. The second-order valence-electron chi connectivity index (χ2n) is 31.7. The number of phenolic OH excluding ortho intramolecular Hbond substituents is 3. The standard InChI is InChI=1S/C22H26ClNO6.C11H21NO5S.C11H23NO3.C11H14O4.C7H6O3.C6H13NO2.C6H15NO/c1-22(2,3)20-12-30-18-10-19(29-7-5-6-28-4)15(23)8-13(18)16-9-17(25)14(21(26)27)11-24(16)20;1-10(2,3)8-7-16-18(14,15)12(8)9(13)17-11(4,5)6;1-10(2,3)8(7-13)12-9(14)15-11(4,5)6;1-14-5-2-6-15-10-4-3-9(8-12)11(13)7-10;8-4-5-1-2-6(9)3-7(5)10;1-6(2,3)4(7)5(8)9;1-6(2,3)5(7)4-8/h8-11,20H,5-7,12H2,1-4H3,(H,26,27);8H,7H2,1-6H3;8,13H,7H2,1-6H3,(H,12,14);3-4,7-8,13H,2,5-6H2,1H3;1-4,9-10H;4H,7H2,1-3H3,(H,8,9);5,8H,4,7H2,1-3H3/t20-;2*8-;;;4-;5-/m000..00/s1. The Morgan fingerprint density at radius 3 is 1.55 bits per heavy atom. The second-order valence-corrected chi connectivity index (χ2v) is 33.6. The molecular weight excluding hydrogens is 1410 g/mol. The summed E-state index contributed by atoms with van der Waals surface area (Å²) < 4.78 is 68.0. The van der Waals surface area contributed by atoms with E-state index in [1.807, 2.05) is 87.7 Å². The van der Waals surface area contributed by atoms with Gasteiger partial charge in [-0.25, -0.2) is 14.4 Å². The van der Waals surface area contributed by atoms with Crippen LogP contribution in [0.3, 0.4) is 0 Å². The number of ether oxygens (including phenoxy) is 7. The van der Waals surface area contributed by atoms with Gasteiger partial charge < -0.3 is 90.3 Å². The lowest BCUT2D eigenvalue weighted by Crippen LogP contribution is -2.48. The number of hydrogen-bond acceptors (Lipinski definition) is 24. The highest BCUT2D eigenvalue weighted by Crippen LogP contribution is 2.45. The smallest absolute Gasteiger partial charge is 0.426 e. The number of benzene rings is 3. The van der Waals surface area contributed by atoms with Crippen molar-refractivity contribution in [3.05, 3.63) is 92.7 Å². The first-order chi connectivity index (χ1) is 47.9. The molecule has 3 aromatic carbocycles. The number of nitrogens with two attached hydrogens (primary N) is 2. The van der Waals surface area contributed by atoms with Crippen LogP contribution in [-0.4, -0.2) is 192 Å². The third kappa shape index (κ3) is 35.4. The van der Waals surface area contributed by atoms with E-state index < -0.39 is 68.6 Å². The Labute approximate surface area is 624 Å². The first-order valence-corrected chi connectivity index (χ1v) is 35.5. The van der Waals surface area contributed by atoms with Crippen LogP contribution in [0.2, 0.25) is 5.02 Å². The largest absolute Gasteiger partial charge is 0.508 e. The lowest BCUT2D eigenvalue weighted by Gasteiger charge is -2.32. The van der Waals surface area contributed by atoms with Crippen molar-refractivity contribution in [3.63, 3.8) is 0 Å². The summed E-state index contributed by atoms with van der Waals surface area (Å²) in [4.78, 5) is 78.2. The molecule has 596 valence electrons. The molecule has 0 spiro atoms. The number of alkyl carbamates (subject to hydrolysis) is 1. The minimum Gasteiger partial charge on any atom is -0.508 e. The molecule has 6 rings (SSSR count). The molecular formula is C74H118ClN5O24S. The van der Waals surface area contributed by atoms with Crippen LogP contribution in [0.4, 0.5) is 9.59 Å². The molecule has 1 saturated heterocycles. The van der Waals surface area contributed by atoms with Crippen LogP contribution in [0.15, 0.2) is 65.6 Å². The number of carbonyl (C=O) groups is 6. The molecule has 2 aliphatic rings. The van der Waals surface area contributed by atoms with Crippen LogP contribution in [0.5, 0.6) is 34.5 Å². The van der Waals surface area contributed by atoms with E-state index in [0.717, 1.165) is 12.5 Å². The molecule has 2 aliphatic heterocycles. The van der Waals surface area contributed by atoms with Gasteiger partial charge in [0.15, 0.2) is 18.0 Å². The molecule has 5 atom stereocenters. The molecule has 2 amide bonds. The van der Waals surface area contributed by atoms with Gasteiger partial charge in [-0.05, 0) is 98.9 Å². The first-order valence-electron chi connectivity index (χ1n) is 33.7. The highest BCUT2D eigenvalue weighted by molar-refractivity contribution is 7.85. The lowest BCUT2D eigenvalue weighted by molar-refractivity contribution is -0.141. The molecule has 29 nitrogen and oxygen atoms in total. The van der Waals surface area contributed by atoms with E-state index in [1.54, 1.807) is 94.7 Å². The Bertz CT molecular complexity index is 3590. The second kappa shape index (κ2) is 42.5. The molecule has 0 radical (unpaired) electrons. The molecule has 4 aromatic rings. The number of rotatable bonds is 17. The van der Waals surface area contributed by atoms with Crippen LogP contribution in [-0.2, 0) is 38.2 Å². The molecule has 12 N–H and O–H groups in total. The number of phenols is 3. The van der Waals surface area contributed by atoms with Crippen LogP contribution in [0.1, 0.15) is 195 Å². The number of aromatic hydroxyl groups is 3. The minimum absolute atomic E-state index is 0.0365. The molecule has 0 bridgehead atoms. The first kappa shape index (κ1) is 97.2. The molecule has 0 aliphatic carbocycles. The van der Waals surface area contributed by atoms with Gasteiger partial charge in [-0.1, -0.05) is 115 Å². The maximum Gasteiger partial charge on any atom is 0.426 e. The van der Waals surface area contributed by atoms with Gasteiger partial charge in [-0.3, -0.25) is 23.4 Å². The van der Waals surface area contributed by atoms with Crippen LogP contribution < -0.4 is 36.4 Å². The minimum atomic E-state index is -4.03. The van der Waals surface area contributed by atoms with Crippen LogP contribution in [0, 0.1) is 27.1 Å². The highest BCUT2D eigenvalue weighted by Gasteiger charge is 2.49. The van der Waals surface area contributed by atoms with E-state index >= 15 is 0 Å². The molecule has 1 aromatic heterocycles. The SMILES string of the molecule is CC(C)(C)OC(=O)N1[C@H](C(C)(C)C)COS1(=O)=O.CC(C)(C)OC(=O)N[C@@H](CO)C(C)(C)C.CC(C)(C)[C@@H](N)C(=O)O.CC(C)(C)[C@@H](N)CO.COCCCOc1cc2c(cc1Cl)-c1cc(=O)c(C(=O)O)cn1[C@H](C(C)(C)C)CO2.COCCCOc1ccc(C=O)c(O)c1.O=Cc1ccc(O)cc1O. The van der Waals surface area contributed by atoms with Crippen molar-refractivity contribution in [1.29, 1.82) is 0 Å². The predicted octanol–water partition coefficient (Wildman–Crippen LogP) is 11.4. The van der Waals surface area contributed by atoms with Crippen LogP contribution in [0.25, 0.3) is 11.3 Å². The summed E-state index contributed by atoms with van der Waals surface area (Å²) in [5.41, 5.74) is 9.14. The summed E-state index contributed by atoms with van der Waals surface area (Å²) in [6.45, 7) is 41.8. The van der Waals surface area contributed by atoms with Gasteiger partial charge >= 0.3 is 34.4 Å². The Morgan fingerprint density at radius 1 is 0.657 bits per heavy atom. The number of hydrogen-bond donors (Lipinski definition) is 10. The van der Waals surface area contributed by atoms with E-state index in [-0.39, 0.29) is 93.5 Å². The number of aliphatic carboxylic acids is 1. The molecule has 0 saturated carbocycles. The van der Waals surface area contributed by atoms with Crippen molar-refractivity contribution >= 4 is 58.6 Å². The summed E-state index contributed by atoms with van der Waals surface area (Å²) >= 11 is 6.45. The van der Waals surface area contributed by atoms with Crippen molar-refractivity contribution in [2.45, 2.75) is 200 Å². The van der Waals surface area contributed by atoms with Crippen molar-refractivity contribution in [2.24, 2.45) is 38.5 Å². The number of nitrogens with one attached hydrogen (secondary N) is 1. The fraction of sp³-hybridized carbons (Fsp3) is 0.608. The summed E-state index contributed by atoms with van der Waals surface area (Å²) in [7, 11) is -0.774. The summed E-state index contributed by atoms with van der Waals surface area (Å²) in [5.74, 6) is -0.948. The third-order valence-electron chi connectivity index (χ3n) is 15.0. The number of aliphatic hydroxyl groups is 2. The highest BCUT2D eigenvalue weighted by atomic mass is 35.5. The van der Waals surface area contributed by atoms with Crippen molar-refractivity contribution < 1.29 is 110 Å². The number of aldehydes is 2. The van der Waals surface area contributed by atoms with E-state index in [2.05, 4.69) is 5.32 Å². The number of carboxylic acid groups (broad SMARTS) is 2. The van der Waals surface area contributed by atoms with Gasteiger partial charge in [-0.15, -0.1) is 0 Å². The van der Waals surface area contributed by atoms with Crippen LogP contribution >= 0.6 is 11.6 Å². The number of aliphatic hydroxyl groups excluding tert-OH is 2. The maximum atomic E-state index is 12.5. The number of aromatic carboxylic acids is 1. The zero-order valence-electron chi connectivity index (χ0n) is 65.3. The van der Waals surface area contributed by atoms with E-state index in [4.69, 9.17) is 85.9 Å². The Balaban J connectivity index is 0.00000127. The number of halogens is 1. The quantitative estimate of drug-likeness (QED) is 0.0347. The fourth-order valence-electron chi connectivity index (χ4n) is 8.38. The molecule has 31 heteroatoms. The normalized spacial score (nSPS) is 15.5. The van der Waals surface area contributed by atoms with Crippen molar-refractivity contribution in [3.8, 4) is 45.8 Å². The Hall–Kier alpha value is -7.81. The average Bonchev–Trinajstić information content (AvgIpc) is 1.69. The predicted molar refractivity (Wildman–Crippen MR) is 400 cm³/mol. The molecule has 0 unspecified atom stereocenters. The van der Waals surface area contributed by atoms with Gasteiger partial charge in [0.1, 0.15) is 63.9 Å². The van der Waals surface area contributed by atoms with Gasteiger partial charge in [0.25, 0.3) is 0 Å². The zero-order chi connectivity index (χ0) is 81.8. The summed E-state index contributed by atoms with van der Waals surface area (Å²) in [6, 6.07) is 11.2. The summed E-state index contributed by atoms with van der Waals surface area (Å²) in [6.07, 6.45) is 2.65. The molecule has 3 heterocycles. The topological polar surface area (TPSA) is 441 Å². The number of fused-ring (bicyclic) bond motifs is 3. The Morgan fingerprint density at radius 2 is 1.16 bits per heavy atom. The number of aromatic nitrogens is 1. The van der Waals surface area contributed by atoms with Crippen molar-refractivity contribution in [2.75, 3.05) is 67.1 Å². The maximum absolute atomic E-state index is 12.5. The van der Waals surface area contributed by atoms with E-state index in [9.17, 15) is 52.2 Å². The zero-order valence-corrected chi connectivity index (χ0v) is 66.9. The van der Waals surface area contributed by atoms with Gasteiger partial charge in [0.05, 0.1) is 73.0 Å². The Kier molecular flexibility index (Phi) is 39.3. The van der Waals surface area contributed by atoms with E-state index in [0.29, 0.717) is 89.9 Å². The number of carbonyl (C=O) groups excluding carboxylic acids is 4. The number of methoxy groups -OCH3 is 2. The monoisotopic (exact) mass is 1530 g/mol. The fourth-order valence-corrected chi connectivity index (χ4v) is 9.92. The van der Waals surface area contributed by atoms with Gasteiger partial charge in [-0.2, -0.15) is 12.7 Å². The number of pyridine rings is 1. The molecule has 105 heavy (non-hydrogen) atoms. The van der Waals surface area contributed by atoms with E-state index in [1.165, 1.54) is 36.5 Å². The van der Waals surface area contributed by atoms with Gasteiger partial charge in [0, 0.05) is 82.3 Å². The number of carboxylic acids is 2. The summed E-state index contributed by atoms with van der Waals surface area (Å²) in [5, 5.41) is 65.6. The number of nitrogens with zero attached hydrogens (tertiary/aromatic N) is 2. The molecule has 1 fully saturated rings. The van der Waals surface area contributed by atoms with Crippen molar-refractivity contribution in [1.82, 2.24) is 14.2 Å². The average molecular weight is 1530 g/mol. The van der Waals surface area contributed by atoms with Gasteiger partial charge in [0.2, 0.25) is 0 Å². The third-order valence-corrected chi connectivity index (χ3v) is 16.6. The lowest BCUT2D eigenvalue weighted by atomic mass is 9.86.